The number of para-hydroxylation sites is 1. The van der Waals surface area contributed by atoms with Gasteiger partial charge in [0.25, 0.3) is 11.8 Å². The maximum absolute atomic E-state index is 13.6. The minimum Gasteiger partial charge on any atom is -0.378 e. The van der Waals surface area contributed by atoms with Gasteiger partial charge in [0.05, 0.1) is 18.7 Å². The molecule has 0 radical (unpaired) electrons. The van der Waals surface area contributed by atoms with Gasteiger partial charge in [-0.25, -0.2) is 4.98 Å². The molecule has 2 aromatic heterocycles. The minimum atomic E-state index is -0.177. The largest absolute Gasteiger partial charge is 0.378 e. The number of benzene rings is 1. The molecule has 5 rings (SSSR count). The average molecular weight is 390 g/mol. The first kappa shape index (κ1) is 17.9. The topological polar surface area (TPSA) is 67.2 Å². The molecule has 1 atom stereocenters. The van der Waals surface area contributed by atoms with Crippen LogP contribution in [0.2, 0.25) is 0 Å². The van der Waals surface area contributed by atoms with E-state index in [2.05, 4.69) is 11.1 Å². The number of hydrogen-bond donors (Lipinski definition) is 0. The molecule has 1 aromatic carbocycles. The Balaban J connectivity index is 1.57. The normalized spacial score (nSPS) is 18.9. The number of pyridine rings is 1. The van der Waals surface area contributed by atoms with Crippen LogP contribution in [0.25, 0.3) is 5.52 Å². The molecule has 1 unspecified atom stereocenters. The minimum absolute atomic E-state index is 0.0405. The van der Waals surface area contributed by atoms with Crippen molar-refractivity contribution in [1.29, 1.82) is 0 Å². The fraction of sp³-hybridized carbons (Fsp3) is 0.318. The summed E-state index contributed by atoms with van der Waals surface area (Å²) in [6, 6.07) is 13.5. The van der Waals surface area contributed by atoms with Gasteiger partial charge in [0, 0.05) is 31.0 Å². The molecule has 2 aliphatic rings. The highest BCUT2D eigenvalue weighted by atomic mass is 16.5. The van der Waals surface area contributed by atoms with E-state index in [-0.39, 0.29) is 23.7 Å². The predicted molar refractivity (Wildman–Crippen MR) is 108 cm³/mol. The molecule has 29 heavy (non-hydrogen) atoms. The van der Waals surface area contributed by atoms with Crippen molar-refractivity contribution in [1.82, 2.24) is 14.3 Å². The van der Waals surface area contributed by atoms with E-state index >= 15 is 0 Å². The highest BCUT2D eigenvalue weighted by molar-refractivity contribution is 6.11. The number of morpholine rings is 1. The molecular weight excluding hydrogens is 368 g/mol. The lowest BCUT2D eigenvalue weighted by atomic mass is 10.1. The van der Waals surface area contributed by atoms with Crippen LogP contribution >= 0.6 is 0 Å². The van der Waals surface area contributed by atoms with Crippen molar-refractivity contribution in [2.24, 2.45) is 0 Å². The van der Waals surface area contributed by atoms with Crippen molar-refractivity contribution < 1.29 is 14.3 Å². The van der Waals surface area contributed by atoms with Crippen LogP contribution in [0.1, 0.15) is 33.6 Å². The van der Waals surface area contributed by atoms with Gasteiger partial charge in [0.15, 0.2) is 5.69 Å². The summed E-state index contributed by atoms with van der Waals surface area (Å²) in [7, 11) is 0. The number of anilines is 1. The molecule has 7 heteroatoms. The van der Waals surface area contributed by atoms with E-state index in [1.165, 1.54) is 0 Å². The maximum atomic E-state index is 13.6. The standard InChI is InChI=1S/C22H22N4O3/c1-15-14-16-6-2-3-7-17(16)26(15)21(27)19-18-8-4-5-9-25(18)20(23-19)22(28)24-10-12-29-13-11-24/h2-9,15H,10-14H2,1H3. The third kappa shape index (κ3) is 2.89. The van der Waals surface area contributed by atoms with Gasteiger partial charge in [0.2, 0.25) is 5.82 Å². The molecule has 2 amide bonds. The molecule has 0 saturated carbocycles. The van der Waals surface area contributed by atoms with E-state index in [4.69, 9.17) is 4.74 Å². The number of ether oxygens (including phenoxy) is 1. The third-order valence-electron chi connectivity index (χ3n) is 5.67. The van der Waals surface area contributed by atoms with Gasteiger partial charge >= 0.3 is 0 Å². The summed E-state index contributed by atoms with van der Waals surface area (Å²) in [5.41, 5.74) is 3.03. The highest BCUT2D eigenvalue weighted by Crippen LogP contribution is 2.33. The van der Waals surface area contributed by atoms with Crippen LogP contribution in [0.4, 0.5) is 5.69 Å². The summed E-state index contributed by atoms with van der Waals surface area (Å²) in [6.07, 6.45) is 2.60. The lowest BCUT2D eigenvalue weighted by Gasteiger charge is -2.26. The summed E-state index contributed by atoms with van der Waals surface area (Å²) >= 11 is 0. The van der Waals surface area contributed by atoms with E-state index in [0.29, 0.717) is 37.5 Å². The van der Waals surface area contributed by atoms with Gasteiger partial charge < -0.3 is 14.5 Å². The van der Waals surface area contributed by atoms with Crippen LogP contribution in [0.5, 0.6) is 0 Å². The summed E-state index contributed by atoms with van der Waals surface area (Å²) in [6.45, 7) is 4.13. The predicted octanol–water partition coefficient (Wildman–Crippen LogP) is 2.40. The number of fused-ring (bicyclic) bond motifs is 2. The number of rotatable bonds is 2. The number of hydrogen-bond acceptors (Lipinski definition) is 4. The van der Waals surface area contributed by atoms with Crippen molar-refractivity contribution >= 4 is 23.0 Å². The number of carbonyl (C=O) groups excluding carboxylic acids is 2. The summed E-state index contributed by atoms with van der Waals surface area (Å²) in [5, 5.41) is 0. The average Bonchev–Trinajstić information content (AvgIpc) is 3.31. The summed E-state index contributed by atoms with van der Waals surface area (Å²) < 4.78 is 7.07. The van der Waals surface area contributed by atoms with Crippen LogP contribution in [-0.4, -0.2) is 58.4 Å². The first-order chi connectivity index (χ1) is 14.1. The number of imidazole rings is 1. The van der Waals surface area contributed by atoms with Crippen LogP contribution in [0, 0.1) is 0 Å². The molecule has 7 nitrogen and oxygen atoms in total. The van der Waals surface area contributed by atoms with Crippen molar-refractivity contribution in [3.8, 4) is 0 Å². The SMILES string of the molecule is CC1Cc2ccccc2N1C(=O)c1nc(C(=O)N2CCOCC2)n2ccccc12. The van der Waals surface area contributed by atoms with Crippen molar-refractivity contribution in [3.05, 3.63) is 65.7 Å². The Hall–Kier alpha value is -3.19. The first-order valence-electron chi connectivity index (χ1n) is 9.90. The zero-order valence-corrected chi connectivity index (χ0v) is 16.2. The molecule has 3 aromatic rings. The Bertz CT molecular complexity index is 1100. The van der Waals surface area contributed by atoms with E-state index in [9.17, 15) is 9.59 Å². The number of amides is 2. The van der Waals surface area contributed by atoms with Gasteiger partial charge in [0.1, 0.15) is 0 Å². The first-order valence-corrected chi connectivity index (χ1v) is 9.90. The van der Waals surface area contributed by atoms with Crippen molar-refractivity contribution in [2.75, 3.05) is 31.2 Å². The Morgan fingerprint density at radius 2 is 1.79 bits per heavy atom. The van der Waals surface area contributed by atoms with Gasteiger partial charge in [-0.3, -0.25) is 14.0 Å². The molecular formula is C22H22N4O3. The highest BCUT2D eigenvalue weighted by Gasteiger charge is 2.34. The van der Waals surface area contributed by atoms with Crippen LogP contribution in [0.3, 0.4) is 0 Å². The second kappa shape index (κ2) is 7.00. The molecule has 0 N–H and O–H groups in total. The fourth-order valence-corrected chi connectivity index (χ4v) is 4.24. The lowest BCUT2D eigenvalue weighted by molar-refractivity contribution is 0.0294. The molecule has 1 fully saturated rings. The van der Waals surface area contributed by atoms with Gasteiger partial charge in [-0.05, 0) is 37.1 Å². The van der Waals surface area contributed by atoms with Crippen molar-refractivity contribution in [3.63, 3.8) is 0 Å². The van der Waals surface area contributed by atoms with Crippen LogP contribution < -0.4 is 4.90 Å². The second-order valence-electron chi connectivity index (χ2n) is 7.50. The van der Waals surface area contributed by atoms with Gasteiger partial charge in [-0.1, -0.05) is 24.3 Å². The molecule has 0 aliphatic carbocycles. The summed E-state index contributed by atoms with van der Waals surface area (Å²) in [4.78, 5) is 34.7. The number of nitrogens with zero attached hydrogens (tertiary/aromatic N) is 4. The Morgan fingerprint density at radius 1 is 1.03 bits per heavy atom. The van der Waals surface area contributed by atoms with Gasteiger partial charge in [-0.2, -0.15) is 0 Å². The number of carbonyl (C=O) groups is 2. The molecule has 1 saturated heterocycles. The molecule has 4 heterocycles. The fourth-order valence-electron chi connectivity index (χ4n) is 4.24. The Kier molecular flexibility index (Phi) is 4.32. The second-order valence-corrected chi connectivity index (χ2v) is 7.50. The van der Waals surface area contributed by atoms with E-state index in [1.807, 2.05) is 43.3 Å². The van der Waals surface area contributed by atoms with Crippen LogP contribution in [0.15, 0.2) is 48.7 Å². The lowest BCUT2D eigenvalue weighted by Crippen LogP contribution is -2.41. The van der Waals surface area contributed by atoms with Crippen LogP contribution in [-0.2, 0) is 11.2 Å². The van der Waals surface area contributed by atoms with Gasteiger partial charge in [-0.15, -0.1) is 0 Å². The number of aromatic nitrogens is 2. The monoisotopic (exact) mass is 390 g/mol. The van der Waals surface area contributed by atoms with E-state index in [1.54, 1.807) is 20.4 Å². The molecule has 148 valence electrons. The molecule has 2 aliphatic heterocycles. The molecule has 0 bridgehead atoms. The van der Waals surface area contributed by atoms with E-state index in [0.717, 1.165) is 17.7 Å². The Labute approximate surface area is 168 Å². The summed E-state index contributed by atoms with van der Waals surface area (Å²) in [5.74, 6) is -0.0819. The zero-order valence-electron chi connectivity index (χ0n) is 16.2. The van der Waals surface area contributed by atoms with E-state index < -0.39 is 0 Å². The smallest absolute Gasteiger partial charge is 0.290 e. The maximum Gasteiger partial charge on any atom is 0.290 e. The van der Waals surface area contributed by atoms with Crippen molar-refractivity contribution in [2.45, 2.75) is 19.4 Å². The third-order valence-corrected chi connectivity index (χ3v) is 5.67. The zero-order chi connectivity index (χ0) is 20.0. The Morgan fingerprint density at radius 3 is 2.62 bits per heavy atom. The molecule has 0 spiro atoms. The quantitative estimate of drug-likeness (QED) is 0.674.